The highest BCUT2D eigenvalue weighted by Crippen LogP contribution is 2.24. The van der Waals surface area contributed by atoms with E-state index < -0.39 is 41.1 Å². The molecule has 0 bridgehead atoms. The molecule has 0 aromatic heterocycles. The normalized spacial score (nSPS) is 12.5. The van der Waals surface area contributed by atoms with E-state index in [2.05, 4.69) is 0 Å². The van der Waals surface area contributed by atoms with E-state index in [0.717, 1.165) is 12.1 Å². The van der Waals surface area contributed by atoms with Crippen LogP contribution in [0, 0.1) is 10.1 Å². The van der Waals surface area contributed by atoms with E-state index in [4.69, 9.17) is 5.11 Å². The van der Waals surface area contributed by atoms with Crippen molar-refractivity contribution in [3.8, 4) is 0 Å². The molecule has 114 valence electrons. The zero-order valence-electron chi connectivity index (χ0n) is 10.3. The fourth-order valence-corrected chi connectivity index (χ4v) is 1.52. The monoisotopic (exact) mass is 306 g/mol. The fraction of sp³-hybridized carbons (Fsp3) is 0.273. The van der Waals surface area contributed by atoms with Gasteiger partial charge in [-0.1, -0.05) is 12.1 Å². The van der Waals surface area contributed by atoms with Crippen LogP contribution in [0.2, 0.25) is 0 Å². The summed E-state index contributed by atoms with van der Waals surface area (Å²) in [5.74, 6) is -3.78. The van der Waals surface area contributed by atoms with E-state index in [1.807, 2.05) is 0 Å². The summed E-state index contributed by atoms with van der Waals surface area (Å²) in [5.41, 5.74) is -0.534. The fourth-order valence-electron chi connectivity index (χ4n) is 1.52. The van der Waals surface area contributed by atoms with Crippen LogP contribution in [-0.4, -0.2) is 28.1 Å². The standard InChI is InChI=1S/C11H9F3N2O5/c12-11(13,14)10(19)15-8(5-9(17)18)6-2-1-3-7(4-6)16(20)21/h1-4,8H,5H2,(H,15,19)(H,17,18)/t8-/m1/s1. The first-order chi connectivity index (χ1) is 9.61. The van der Waals surface area contributed by atoms with Crippen molar-refractivity contribution in [2.45, 2.75) is 18.6 Å². The number of aliphatic carboxylic acids is 1. The molecule has 1 atom stereocenters. The maximum Gasteiger partial charge on any atom is 0.471 e. The van der Waals surface area contributed by atoms with Crippen LogP contribution in [-0.2, 0) is 9.59 Å². The van der Waals surface area contributed by atoms with Gasteiger partial charge in [-0.15, -0.1) is 0 Å². The first-order valence-electron chi connectivity index (χ1n) is 5.45. The first-order valence-corrected chi connectivity index (χ1v) is 5.45. The lowest BCUT2D eigenvalue weighted by Gasteiger charge is -2.18. The van der Waals surface area contributed by atoms with E-state index in [1.54, 1.807) is 0 Å². The highest BCUT2D eigenvalue weighted by atomic mass is 19.4. The van der Waals surface area contributed by atoms with E-state index in [-0.39, 0.29) is 5.56 Å². The van der Waals surface area contributed by atoms with Crippen LogP contribution in [0.25, 0.3) is 0 Å². The topological polar surface area (TPSA) is 110 Å². The first kappa shape index (κ1) is 16.4. The molecule has 1 rings (SSSR count). The van der Waals surface area contributed by atoms with Gasteiger partial charge in [0.15, 0.2) is 0 Å². The quantitative estimate of drug-likeness (QED) is 0.636. The minimum atomic E-state index is -5.18. The molecular weight excluding hydrogens is 297 g/mol. The Balaban J connectivity index is 3.08. The number of amides is 1. The van der Waals surface area contributed by atoms with Gasteiger partial charge in [0.25, 0.3) is 5.69 Å². The molecule has 10 heteroatoms. The summed E-state index contributed by atoms with van der Waals surface area (Å²) in [6.07, 6.45) is -6.03. The molecule has 0 aliphatic rings. The number of nitrogens with zero attached hydrogens (tertiary/aromatic N) is 1. The molecular formula is C11H9F3N2O5. The maximum absolute atomic E-state index is 12.2. The average Bonchev–Trinajstić information content (AvgIpc) is 2.36. The van der Waals surface area contributed by atoms with Crippen molar-refractivity contribution in [3.05, 3.63) is 39.9 Å². The Labute approximate surface area is 115 Å². The molecule has 0 saturated heterocycles. The lowest BCUT2D eigenvalue weighted by Crippen LogP contribution is -2.39. The Bertz CT molecular complexity index is 573. The summed E-state index contributed by atoms with van der Waals surface area (Å²) >= 11 is 0. The largest absolute Gasteiger partial charge is 0.481 e. The number of halogens is 3. The minimum absolute atomic E-state index is 0.107. The summed E-state index contributed by atoms with van der Waals surface area (Å²) in [6, 6.07) is 2.84. The maximum atomic E-state index is 12.2. The van der Waals surface area contributed by atoms with Crippen molar-refractivity contribution in [2.24, 2.45) is 0 Å². The second-order valence-corrected chi connectivity index (χ2v) is 3.97. The Kier molecular flexibility index (Phi) is 4.84. The predicted octanol–water partition coefficient (Wildman–Crippen LogP) is 1.79. The van der Waals surface area contributed by atoms with Crippen LogP contribution >= 0.6 is 0 Å². The lowest BCUT2D eigenvalue weighted by atomic mass is 10.0. The molecule has 2 N–H and O–H groups in total. The Morgan fingerprint density at radius 3 is 2.48 bits per heavy atom. The number of carbonyl (C=O) groups is 2. The number of hydrogen-bond donors (Lipinski definition) is 2. The summed E-state index contributed by atoms with van der Waals surface area (Å²) in [7, 11) is 0. The van der Waals surface area contributed by atoms with Crippen LogP contribution in [0.5, 0.6) is 0 Å². The molecule has 0 aliphatic carbocycles. The summed E-state index contributed by atoms with van der Waals surface area (Å²) in [4.78, 5) is 31.4. The van der Waals surface area contributed by atoms with Crippen LogP contribution in [0.3, 0.4) is 0 Å². The number of alkyl halides is 3. The van der Waals surface area contributed by atoms with Gasteiger partial charge in [-0.25, -0.2) is 0 Å². The smallest absolute Gasteiger partial charge is 0.471 e. The highest BCUT2D eigenvalue weighted by Gasteiger charge is 2.40. The van der Waals surface area contributed by atoms with Gasteiger partial charge < -0.3 is 10.4 Å². The molecule has 21 heavy (non-hydrogen) atoms. The molecule has 1 aromatic rings. The Hall–Kier alpha value is -2.65. The number of carbonyl (C=O) groups excluding carboxylic acids is 1. The van der Waals surface area contributed by atoms with Crippen LogP contribution in [0.15, 0.2) is 24.3 Å². The number of hydrogen-bond acceptors (Lipinski definition) is 4. The zero-order valence-corrected chi connectivity index (χ0v) is 10.3. The van der Waals surface area contributed by atoms with Gasteiger partial charge in [-0.2, -0.15) is 13.2 Å². The van der Waals surface area contributed by atoms with Gasteiger partial charge in [-0.05, 0) is 5.56 Å². The van der Waals surface area contributed by atoms with Crippen molar-refractivity contribution >= 4 is 17.6 Å². The van der Waals surface area contributed by atoms with Crippen molar-refractivity contribution < 1.29 is 32.8 Å². The minimum Gasteiger partial charge on any atom is -0.481 e. The van der Waals surface area contributed by atoms with E-state index in [9.17, 15) is 32.9 Å². The number of nitro groups is 1. The van der Waals surface area contributed by atoms with Crippen molar-refractivity contribution in [1.82, 2.24) is 5.32 Å². The molecule has 1 amide bonds. The third kappa shape index (κ3) is 4.75. The SMILES string of the molecule is O=C(O)C[C@@H](NC(=O)C(F)(F)F)c1cccc([N+](=O)[O-])c1. The number of non-ortho nitro benzene ring substituents is 1. The van der Waals surface area contributed by atoms with Gasteiger partial charge in [0.1, 0.15) is 0 Å². The number of rotatable bonds is 5. The number of nitro benzene ring substituents is 1. The highest BCUT2D eigenvalue weighted by molar-refractivity contribution is 5.82. The van der Waals surface area contributed by atoms with E-state index in [0.29, 0.717) is 0 Å². The van der Waals surface area contributed by atoms with E-state index in [1.165, 1.54) is 17.4 Å². The number of benzene rings is 1. The Morgan fingerprint density at radius 2 is 2.00 bits per heavy atom. The van der Waals surface area contributed by atoms with Crippen molar-refractivity contribution in [2.75, 3.05) is 0 Å². The predicted molar refractivity (Wildman–Crippen MR) is 62.3 cm³/mol. The third-order valence-electron chi connectivity index (χ3n) is 2.42. The molecule has 0 spiro atoms. The summed E-state index contributed by atoms with van der Waals surface area (Å²) < 4.78 is 36.6. The lowest BCUT2D eigenvalue weighted by molar-refractivity contribution is -0.384. The molecule has 0 saturated carbocycles. The number of nitrogens with one attached hydrogen (secondary N) is 1. The van der Waals surface area contributed by atoms with Gasteiger partial charge in [0, 0.05) is 12.1 Å². The van der Waals surface area contributed by atoms with Gasteiger partial charge in [0.2, 0.25) is 0 Å². The summed E-state index contributed by atoms with van der Waals surface area (Å²) in [6.45, 7) is 0. The third-order valence-corrected chi connectivity index (χ3v) is 2.42. The molecule has 7 nitrogen and oxygen atoms in total. The van der Waals surface area contributed by atoms with Gasteiger partial charge in [0.05, 0.1) is 17.4 Å². The number of carboxylic acids is 1. The van der Waals surface area contributed by atoms with Gasteiger partial charge >= 0.3 is 18.1 Å². The molecule has 1 aromatic carbocycles. The molecule has 0 aliphatic heterocycles. The Morgan fingerprint density at radius 1 is 1.38 bits per heavy atom. The molecule has 0 heterocycles. The second-order valence-electron chi connectivity index (χ2n) is 3.97. The van der Waals surface area contributed by atoms with Gasteiger partial charge in [-0.3, -0.25) is 19.7 Å². The van der Waals surface area contributed by atoms with Crippen LogP contribution in [0.1, 0.15) is 18.0 Å². The van der Waals surface area contributed by atoms with E-state index >= 15 is 0 Å². The second kappa shape index (κ2) is 6.20. The molecule has 0 fully saturated rings. The number of carboxylic acid groups (broad SMARTS) is 1. The average molecular weight is 306 g/mol. The zero-order chi connectivity index (χ0) is 16.2. The molecule has 0 radical (unpaired) electrons. The van der Waals surface area contributed by atoms with Crippen molar-refractivity contribution in [3.63, 3.8) is 0 Å². The van der Waals surface area contributed by atoms with Crippen LogP contribution < -0.4 is 5.32 Å². The van der Waals surface area contributed by atoms with Crippen molar-refractivity contribution in [1.29, 1.82) is 0 Å². The molecule has 0 unspecified atom stereocenters. The summed E-state index contributed by atoms with van der Waals surface area (Å²) in [5, 5.41) is 20.8. The van der Waals surface area contributed by atoms with Crippen LogP contribution in [0.4, 0.5) is 18.9 Å².